The van der Waals surface area contributed by atoms with Gasteiger partial charge in [0.1, 0.15) is 6.61 Å². The molecular weight excluding hydrogens is 428 g/mol. The van der Waals surface area contributed by atoms with Crippen molar-refractivity contribution in [1.82, 2.24) is 5.01 Å². The fraction of sp³-hybridized carbons (Fsp3) is 0.320. The lowest BCUT2D eigenvalue weighted by atomic mass is 9.85. The third-order valence-electron chi connectivity index (χ3n) is 6.38. The first-order valence-electron chi connectivity index (χ1n) is 10.8. The van der Waals surface area contributed by atoms with Crippen LogP contribution in [0.5, 0.6) is 11.5 Å². The standard InChI is InChI=1S/C25H23ClN2O4/c1-2-31-21-11-15(7-10-20(21)32-14-18-5-3-4-6-19(18)26)13-27-28-24(29)22-16-8-9-17(12-16)23(22)25(28)30/h3-11,13,16-17,22-23H,2,12,14H2,1H3/b27-13-/t16-,17-,22-,23+/m0/s1. The summed E-state index contributed by atoms with van der Waals surface area (Å²) in [5, 5.41) is 5.92. The number of hydrazone groups is 1. The summed E-state index contributed by atoms with van der Waals surface area (Å²) >= 11 is 6.21. The van der Waals surface area contributed by atoms with Crippen LogP contribution in [0.25, 0.3) is 0 Å². The average Bonchev–Trinajstić information content (AvgIpc) is 3.47. The Hall–Kier alpha value is -3.12. The van der Waals surface area contributed by atoms with Crippen molar-refractivity contribution in [2.75, 3.05) is 6.61 Å². The molecule has 0 N–H and O–H groups in total. The summed E-state index contributed by atoms with van der Waals surface area (Å²) in [5.41, 5.74) is 1.58. The lowest BCUT2D eigenvalue weighted by molar-refractivity contribution is -0.140. The Kier molecular flexibility index (Phi) is 5.47. The maximum Gasteiger partial charge on any atom is 0.254 e. The van der Waals surface area contributed by atoms with Crippen LogP contribution in [0.4, 0.5) is 0 Å². The van der Waals surface area contributed by atoms with Gasteiger partial charge in [0, 0.05) is 10.6 Å². The van der Waals surface area contributed by atoms with Gasteiger partial charge in [0.05, 0.1) is 24.7 Å². The molecule has 3 aliphatic rings. The predicted octanol–water partition coefficient (Wildman–Crippen LogP) is 4.46. The first-order chi connectivity index (χ1) is 15.6. The van der Waals surface area contributed by atoms with Crippen LogP contribution in [0, 0.1) is 23.7 Å². The summed E-state index contributed by atoms with van der Waals surface area (Å²) in [4.78, 5) is 25.6. The minimum atomic E-state index is -0.255. The molecule has 6 nitrogen and oxygen atoms in total. The van der Waals surface area contributed by atoms with Crippen LogP contribution < -0.4 is 9.47 Å². The van der Waals surface area contributed by atoms with Crippen molar-refractivity contribution in [3.63, 3.8) is 0 Å². The van der Waals surface area contributed by atoms with Crippen LogP contribution in [-0.4, -0.2) is 29.6 Å². The average molecular weight is 451 g/mol. The second-order valence-corrected chi connectivity index (χ2v) is 8.66. The molecule has 4 atom stereocenters. The first kappa shape index (κ1) is 20.8. The highest BCUT2D eigenvalue weighted by molar-refractivity contribution is 6.31. The molecule has 1 saturated carbocycles. The van der Waals surface area contributed by atoms with E-state index < -0.39 is 0 Å². The number of allylic oxidation sites excluding steroid dienone is 2. The minimum absolute atomic E-state index is 0.167. The smallest absolute Gasteiger partial charge is 0.254 e. The molecule has 0 unspecified atom stereocenters. The molecule has 0 spiro atoms. The second-order valence-electron chi connectivity index (χ2n) is 8.25. The van der Waals surface area contributed by atoms with E-state index in [1.165, 1.54) is 6.21 Å². The van der Waals surface area contributed by atoms with Crippen LogP contribution in [0.1, 0.15) is 24.5 Å². The molecule has 7 heteroatoms. The molecule has 2 bridgehead atoms. The number of benzene rings is 2. The topological polar surface area (TPSA) is 68.2 Å². The number of rotatable bonds is 7. The molecule has 2 fully saturated rings. The summed E-state index contributed by atoms with van der Waals surface area (Å²) in [5.74, 6) is 0.566. The van der Waals surface area contributed by atoms with E-state index in [-0.39, 0.29) is 35.5 Å². The Morgan fingerprint density at radius 2 is 1.75 bits per heavy atom. The fourth-order valence-electron chi connectivity index (χ4n) is 4.89. The highest BCUT2D eigenvalue weighted by Gasteiger charge is 2.59. The summed E-state index contributed by atoms with van der Waals surface area (Å²) in [6, 6.07) is 12.9. The van der Waals surface area contributed by atoms with Gasteiger partial charge in [0.15, 0.2) is 11.5 Å². The van der Waals surface area contributed by atoms with E-state index in [1.54, 1.807) is 12.1 Å². The van der Waals surface area contributed by atoms with Gasteiger partial charge in [-0.2, -0.15) is 10.1 Å². The maximum atomic E-state index is 12.8. The third kappa shape index (κ3) is 3.58. The van der Waals surface area contributed by atoms with Gasteiger partial charge < -0.3 is 9.47 Å². The Balaban J connectivity index is 1.32. The molecule has 2 aromatic rings. The van der Waals surface area contributed by atoms with Crippen molar-refractivity contribution in [2.45, 2.75) is 20.0 Å². The van der Waals surface area contributed by atoms with Crippen molar-refractivity contribution in [3.8, 4) is 11.5 Å². The number of hydrogen-bond donors (Lipinski definition) is 0. The van der Waals surface area contributed by atoms with E-state index in [0.717, 1.165) is 17.0 Å². The van der Waals surface area contributed by atoms with Gasteiger partial charge in [-0.25, -0.2) is 0 Å². The first-order valence-corrected chi connectivity index (χ1v) is 11.2. The minimum Gasteiger partial charge on any atom is -0.490 e. The van der Waals surface area contributed by atoms with Gasteiger partial charge in [0.25, 0.3) is 11.8 Å². The highest BCUT2D eigenvalue weighted by Crippen LogP contribution is 2.52. The monoisotopic (exact) mass is 450 g/mol. The summed E-state index contributed by atoms with van der Waals surface area (Å²) in [7, 11) is 0. The Bertz CT molecular complexity index is 1100. The van der Waals surface area contributed by atoms with Crippen molar-refractivity contribution in [3.05, 3.63) is 70.8 Å². The zero-order valence-corrected chi connectivity index (χ0v) is 18.4. The molecule has 1 heterocycles. The lowest BCUT2D eigenvalue weighted by Gasteiger charge is -2.14. The van der Waals surface area contributed by atoms with Crippen LogP contribution in [-0.2, 0) is 16.2 Å². The molecule has 1 aliphatic heterocycles. The van der Waals surface area contributed by atoms with Gasteiger partial charge in [-0.1, -0.05) is 42.0 Å². The summed E-state index contributed by atoms with van der Waals surface area (Å²) < 4.78 is 11.7. The zero-order valence-electron chi connectivity index (χ0n) is 17.6. The van der Waals surface area contributed by atoms with E-state index in [0.29, 0.717) is 35.3 Å². The van der Waals surface area contributed by atoms with Crippen molar-refractivity contribution >= 4 is 29.6 Å². The molecule has 32 heavy (non-hydrogen) atoms. The Morgan fingerprint density at radius 3 is 2.44 bits per heavy atom. The number of imide groups is 1. The van der Waals surface area contributed by atoms with Gasteiger partial charge in [-0.05, 0) is 55.0 Å². The largest absolute Gasteiger partial charge is 0.490 e. The van der Waals surface area contributed by atoms with Gasteiger partial charge in [0.2, 0.25) is 0 Å². The van der Waals surface area contributed by atoms with E-state index in [1.807, 2.05) is 37.3 Å². The number of amides is 2. The summed E-state index contributed by atoms with van der Waals surface area (Å²) in [6.07, 6.45) is 6.56. The number of carbonyl (C=O) groups excluding carboxylic acids is 2. The summed E-state index contributed by atoms with van der Waals surface area (Å²) in [6.45, 7) is 2.66. The third-order valence-corrected chi connectivity index (χ3v) is 6.75. The zero-order chi connectivity index (χ0) is 22.2. The normalized spacial score (nSPS) is 25.8. The fourth-order valence-corrected chi connectivity index (χ4v) is 5.08. The van der Waals surface area contributed by atoms with Crippen molar-refractivity contribution in [1.29, 1.82) is 0 Å². The molecule has 1 saturated heterocycles. The molecule has 2 amide bonds. The quantitative estimate of drug-likeness (QED) is 0.355. The number of hydrogen-bond acceptors (Lipinski definition) is 5. The SMILES string of the molecule is CCOc1cc(/C=N\N2C(=O)[C@@H]3[C@H](C2=O)[C@H]2C=C[C@H]3C2)ccc1OCc1ccccc1Cl. The Morgan fingerprint density at radius 1 is 1.03 bits per heavy atom. The van der Waals surface area contributed by atoms with Crippen LogP contribution in [0.3, 0.4) is 0 Å². The van der Waals surface area contributed by atoms with Gasteiger partial charge in [-0.15, -0.1) is 0 Å². The maximum absolute atomic E-state index is 12.8. The van der Waals surface area contributed by atoms with Crippen molar-refractivity contribution in [2.24, 2.45) is 28.8 Å². The number of ether oxygens (including phenoxy) is 2. The molecule has 2 aromatic carbocycles. The van der Waals surface area contributed by atoms with Gasteiger partial charge in [-0.3, -0.25) is 9.59 Å². The molecule has 0 aromatic heterocycles. The molecule has 164 valence electrons. The van der Waals surface area contributed by atoms with E-state index in [2.05, 4.69) is 17.3 Å². The number of halogens is 1. The number of nitrogens with zero attached hydrogens (tertiary/aromatic N) is 2. The molecular formula is C25H23ClN2O4. The molecule has 5 rings (SSSR count). The van der Waals surface area contributed by atoms with Crippen LogP contribution in [0.2, 0.25) is 5.02 Å². The Labute approximate surface area is 191 Å². The number of fused-ring (bicyclic) bond motifs is 5. The molecule has 0 radical (unpaired) electrons. The van der Waals surface area contributed by atoms with E-state index >= 15 is 0 Å². The number of carbonyl (C=O) groups is 2. The predicted molar refractivity (Wildman–Crippen MR) is 121 cm³/mol. The van der Waals surface area contributed by atoms with Crippen LogP contribution in [0.15, 0.2) is 59.7 Å². The van der Waals surface area contributed by atoms with E-state index in [4.69, 9.17) is 21.1 Å². The van der Waals surface area contributed by atoms with E-state index in [9.17, 15) is 9.59 Å². The van der Waals surface area contributed by atoms with Crippen molar-refractivity contribution < 1.29 is 19.1 Å². The highest BCUT2D eigenvalue weighted by atomic mass is 35.5. The van der Waals surface area contributed by atoms with Crippen LogP contribution >= 0.6 is 11.6 Å². The second kappa shape index (κ2) is 8.43. The molecule has 2 aliphatic carbocycles. The van der Waals surface area contributed by atoms with Gasteiger partial charge >= 0.3 is 0 Å². The lowest BCUT2D eigenvalue weighted by Crippen LogP contribution is -2.28.